The van der Waals surface area contributed by atoms with Crippen LogP contribution in [0.1, 0.15) is 48.8 Å². The quantitative estimate of drug-likeness (QED) is 0.821. The van der Waals surface area contributed by atoms with Crippen LogP contribution in [-0.4, -0.2) is 10.9 Å². The van der Waals surface area contributed by atoms with E-state index in [4.69, 9.17) is 18.0 Å². The molecule has 1 aliphatic rings. The minimum atomic E-state index is -0.613. The second-order valence-electron chi connectivity index (χ2n) is 5.41. The fourth-order valence-corrected chi connectivity index (χ4v) is 3.98. The van der Waals surface area contributed by atoms with E-state index in [1.54, 1.807) is 11.3 Å². The summed E-state index contributed by atoms with van der Waals surface area (Å²) in [5.74, 6) is 0.0103. The smallest absolute Gasteiger partial charge is 0.233 e. The van der Waals surface area contributed by atoms with Crippen molar-refractivity contribution in [1.82, 2.24) is 5.32 Å². The summed E-state index contributed by atoms with van der Waals surface area (Å²) in [5, 5.41) is 3.03. The Morgan fingerprint density at radius 2 is 2.00 bits per heavy atom. The fraction of sp³-hybridized carbons (Fsp3) is 0.600. The number of amides is 1. The van der Waals surface area contributed by atoms with Gasteiger partial charge in [-0.1, -0.05) is 38.4 Å². The van der Waals surface area contributed by atoms with Crippen LogP contribution < -0.4 is 11.1 Å². The van der Waals surface area contributed by atoms with E-state index in [0.717, 1.165) is 32.1 Å². The lowest BCUT2D eigenvalue weighted by molar-refractivity contribution is -0.129. The topological polar surface area (TPSA) is 55.1 Å². The third kappa shape index (κ3) is 3.20. The molecule has 0 unspecified atom stereocenters. The van der Waals surface area contributed by atoms with Crippen LogP contribution >= 0.6 is 23.6 Å². The first-order valence-corrected chi connectivity index (χ1v) is 8.47. The Morgan fingerprint density at radius 1 is 1.35 bits per heavy atom. The molecule has 3 N–H and O–H groups in total. The van der Waals surface area contributed by atoms with Crippen molar-refractivity contribution >= 4 is 34.5 Å². The first-order chi connectivity index (χ1) is 9.58. The number of nitrogens with two attached hydrogens (primary N) is 1. The first kappa shape index (κ1) is 15.4. The zero-order valence-electron chi connectivity index (χ0n) is 11.9. The van der Waals surface area contributed by atoms with Crippen molar-refractivity contribution in [3.8, 4) is 0 Å². The molecule has 1 aromatic rings. The lowest BCUT2D eigenvalue weighted by Gasteiger charge is -2.34. The number of aryl methyl sites for hydroxylation is 1. The molecule has 110 valence electrons. The minimum absolute atomic E-state index is 0.0103. The number of hydrogen-bond donors (Lipinski definition) is 2. The molecule has 20 heavy (non-hydrogen) atoms. The summed E-state index contributed by atoms with van der Waals surface area (Å²) in [5.41, 5.74) is 5.26. The SMILES string of the molecule is CCc1ccc(CNC(=O)C2(C(N)=S)CCCCC2)s1. The molecule has 3 nitrogen and oxygen atoms in total. The van der Waals surface area contributed by atoms with E-state index in [-0.39, 0.29) is 5.91 Å². The molecular formula is C15H22N2OS2. The number of nitrogens with one attached hydrogen (secondary N) is 1. The first-order valence-electron chi connectivity index (χ1n) is 7.24. The Labute approximate surface area is 129 Å². The van der Waals surface area contributed by atoms with Crippen molar-refractivity contribution < 1.29 is 4.79 Å². The standard InChI is InChI=1S/C15H22N2OS2/c1-2-11-6-7-12(20-11)10-17-14(18)15(13(16)19)8-4-3-5-9-15/h6-7H,2-5,8-10H2,1H3,(H2,16,19)(H,17,18). The summed E-state index contributed by atoms with van der Waals surface area (Å²) < 4.78 is 0. The summed E-state index contributed by atoms with van der Waals surface area (Å²) in [7, 11) is 0. The molecule has 0 aromatic carbocycles. The van der Waals surface area contributed by atoms with Gasteiger partial charge in [-0.3, -0.25) is 4.79 Å². The van der Waals surface area contributed by atoms with Crippen LogP contribution in [0.2, 0.25) is 0 Å². The molecule has 1 fully saturated rings. The zero-order valence-corrected chi connectivity index (χ0v) is 13.5. The van der Waals surface area contributed by atoms with Gasteiger partial charge in [0.1, 0.15) is 0 Å². The monoisotopic (exact) mass is 310 g/mol. The van der Waals surface area contributed by atoms with Crippen LogP contribution in [0.5, 0.6) is 0 Å². The number of thiocarbonyl (C=S) groups is 1. The van der Waals surface area contributed by atoms with Gasteiger partial charge in [0.05, 0.1) is 16.9 Å². The maximum atomic E-state index is 12.5. The van der Waals surface area contributed by atoms with Gasteiger partial charge in [-0.2, -0.15) is 0 Å². The van der Waals surface area contributed by atoms with Gasteiger partial charge in [-0.25, -0.2) is 0 Å². The van der Waals surface area contributed by atoms with Gasteiger partial charge >= 0.3 is 0 Å². The fourth-order valence-electron chi connectivity index (χ4n) is 2.78. The maximum Gasteiger partial charge on any atom is 0.233 e. The molecule has 2 rings (SSSR count). The second kappa shape index (κ2) is 6.68. The van der Waals surface area contributed by atoms with Crippen LogP contribution in [0.3, 0.4) is 0 Å². The van der Waals surface area contributed by atoms with E-state index in [2.05, 4.69) is 24.4 Å². The molecular weight excluding hydrogens is 288 g/mol. The van der Waals surface area contributed by atoms with Gasteiger partial charge in [0, 0.05) is 9.75 Å². The number of thiophene rings is 1. The predicted octanol–water partition coefficient (Wildman–Crippen LogP) is 3.16. The highest BCUT2D eigenvalue weighted by atomic mass is 32.1. The van der Waals surface area contributed by atoms with Gasteiger partial charge in [-0.15, -0.1) is 11.3 Å². The molecule has 1 aromatic heterocycles. The van der Waals surface area contributed by atoms with E-state index in [1.807, 2.05) is 0 Å². The van der Waals surface area contributed by atoms with Crippen molar-refractivity contribution in [2.75, 3.05) is 0 Å². The highest BCUT2D eigenvalue weighted by Gasteiger charge is 2.42. The molecule has 0 spiro atoms. The van der Waals surface area contributed by atoms with Gasteiger partial charge < -0.3 is 11.1 Å². The van der Waals surface area contributed by atoms with E-state index in [0.29, 0.717) is 11.5 Å². The van der Waals surface area contributed by atoms with Crippen molar-refractivity contribution in [3.05, 3.63) is 21.9 Å². The molecule has 0 saturated heterocycles. The third-order valence-electron chi connectivity index (χ3n) is 4.10. The number of carbonyl (C=O) groups excluding carboxylic acids is 1. The van der Waals surface area contributed by atoms with E-state index < -0.39 is 5.41 Å². The molecule has 0 radical (unpaired) electrons. The Morgan fingerprint density at radius 3 is 2.55 bits per heavy atom. The van der Waals surface area contributed by atoms with E-state index >= 15 is 0 Å². The van der Waals surface area contributed by atoms with Crippen LogP contribution in [0, 0.1) is 5.41 Å². The Hall–Kier alpha value is -0.940. The Kier molecular flexibility index (Phi) is 5.16. The highest BCUT2D eigenvalue weighted by molar-refractivity contribution is 7.80. The molecule has 0 atom stereocenters. The number of rotatable bonds is 5. The summed E-state index contributed by atoms with van der Waals surface area (Å²) in [6.45, 7) is 2.71. The van der Waals surface area contributed by atoms with Crippen LogP contribution in [0.25, 0.3) is 0 Å². The van der Waals surface area contributed by atoms with Crippen molar-refractivity contribution in [2.24, 2.45) is 11.1 Å². The van der Waals surface area contributed by atoms with Gasteiger partial charge in [0.25, 0.3) is 0 Å². The molecule has 0 bridgehead atoms. The van der Waals surface area contributed by atoms with Crippen LogP contribution in [-0.2, 0) is 17.8 Å². The summed E-state index contributed by atoms with van der Waals surface area (Å²) in [6.07, 6.45) is 5.85. The second-order valence-corrected chi connectivity index (χ2v) is 7.10. The Bertz CT molecular complexity index is 490. The van der Waals surface area contributed by atoms with E-state index in [9.17, 15) is 4.79 Å². The van der Waals surface area contributed by atoms with Gasteiger partial charge in [-0.05, 0) is 31.4 Å². The average molecular weight is 310 g/mol. The molecule has 5 heteroatoms. The van der Waals surface area contributed by atoms with Crippen molar-refractivity contribution in [3.63, 3.8) is 0 Å². The maximum absolute atomic E-state index is 12.5. The largest absolute Gasteiger partial charge is 0.392 e. The molecule has 0 aliphatic heterocycles. The van der Waals surface area contributed by atoms with E-state index in [1.165, 1.54) is 16.2 Å². The lowest BCUT2D eigenvalue weighted by Crippen LogP contribution is -2.49. The molecule has 1 saturated carbocycles. The summed E-state index contributed by atoms with van der Waals surface area (Å²) in [4.78, 5) is 15.4. The van der Waals surface area contributed by atoms with Gasteiger partial charge in [0.2, 0.25) is 5.91 Å². The number of carbonyl (C=O) groups is 1. The molecule has 1 amide bonds. The van der Waals surface area contributed by atoms with Crippen molar-refractivity contribution in [1.29, 1.82) is 0 Å². The van der Waals surface area contributed by atoms with Crippen LogP contribution in [0.15, 0.2) is 12.1 Å². The molecule has 1 heterocycles. The van der Waals surface area contributed by atoms with Gasteiger partial charge in [0.15, 0.2) is 0 Å². The minimum Gasteiger partial charge on any atom is -0.392 e. The highest BCUT2D eigenvalue weighted by Crippen LogP contribution is 2.37. The third-order valence-corrected chi connectivity index (χ3v) is 5.72. The van der Waals surface area contributed by atoms with Crippen molar-refractivity contribution in [2.45, 2.75) is 52.0 Å². The lowest BCUT2D eigenvalue weighted by atomic mass is 9.73. The normalized spacial score (nSPS) is 17.6. The zero-order chi connectivity index (χ0) is 14.6. The number of hydrogen-bond acceptors (Lipinski definition) is 3. The molecule has 1 aliphatic carbocycles. The van der Waals surface area contributed by atoms with Crippen LogP contribution in [0.4, 0.5) is 0 Å². The Balaban J connectivity index is 2.00. The summed E-state index contributed by atoms with van der Waals surface area (Å²) in [6, 6.07) is 4.20. The average Bonchev–Trinajstić information content (AvgIpc) is 2.93. The predicted molar refractivity (Wildman–Crippen MR) is 87.8 cm³/mol. The summed E-state index contributed by atoms with van der Waals surface area (Å²) >= 11 is 6.93.